The molecule has 9 heteroatoms. The normalized spacial score (nSPS) is 19.9. The number of hydrogen-bond donors (Lipinski definition) is 1. The molecule has 3 aromatic heterocycles. The molecule has 5 rings (SSSR count). The molecule has 0 aliphatic heterocycles. The predicted octanol–water partition coefficient (Wildman–Crippen LogP) is 2.93. The third-order valence-corrected chi connectivity index (χ3v) is 6.19. The van der Waals surface area contributed by atoms with Crippen LogP contribution in [0.3, 0.4) is 0 Å². The first-order valence-corrected chi connectivity index (χ1v) is 10.3. The van der Waals surface area contributed by atoms with Crippen molar-refractivity contribution in [2.24, 2.45) is 13.0 Å². The summed E-state index contributed by atoms with van der Waals surface area (Å²) in [6.45, 7) is -0.0961. The van der Waals surface area contributed by atoms with Crippen molar-refractivity contribution in [1.82, 2.24) is 29.8 Å². The summed E-state index contributed by atoms with van der Waals surface area (Å²) in [5.41, 5.74) is 4.09. The Morgan fingerprint density at radius 3 is 2.75 bits per heavy atom. The number of fused-ring (bicyclic) bond motifs is 1. The molecule has 0 amide bonds. The highest BCUT2D eigenvalue weighted by Crippen LogP contribution is 2.45. The van der Waals surface area contributed by atoms with Crippen molar-refractivity contribution in [3.8, 4) is 34.7 Å². The summed E-state index contributed by atoms with van der Waals surface area (Å²) in [5.74, 6) is -0.0731. The fraction of sp³-hybridized carbons (Fsp3) is 0.304. The van der Waals surface area contributed by atoms with Crippen molar-refractivity contribution in [3.05, 3.63) is 48.4 Å². The van der Waals surface area contributed by atoms with E-state index in [2.05, 4.69) is 27.3 Å². The number of benzene rings is 1. The van der Waals surface area contributed by atoms with E-state index >= 15 is 0 Å². The first-order valence-electron chi connectivity index (χ1n) is 10.3. The molecule has 0 unspecified atom stereocenters. The van der Waals surface area contributed by atoms with Gasteiger partial charge >= 0.3 is 0 Å². The van der Waals surface area contributed by atoms with Crippen LogP contribution >= 0.6 is 0 Å². The van der Waals surface area contributed by atoms with Crippen LogP contribution in [0.4, 0.5) is 0 Å². The van der Waals surface area contributed by atoms with Crippen molar-refractivity contribution >= 4 is 10.9 Å². The van der Waals surface area contributed by atoms with Gasteiger partial charge in [0.1, 0.15) is 5.69 Å². The minimum absolute atomic E-state index is 0.0731. The highest BCUT2D eigenvalue weighted by molar-refractivity contribution is 5.96. The van der Waals surface area contributed by atoms with E-state index < -0.39 is 5.54 Å². The van der Waals surface area contributed by atoms with Gasteiger partial charge in [-0.15, -0.1) is 0 Å². The summed E-state index contributed by atoms with van der Waals surface area (Å²) in [4.78, 5) is 6.13. The molecule has 9 nitrogen and oxygen atoms in total. The Labute approximate surface area is 184 Å². The number of aromatic nitrogens is 6. The molecule has 32 heavy (non-hydrogen) atoms. The maximum Gasteiger partial charge on any atom is 0.113 e. The van der Waals surface area contributed by atoms with Gasteiger partial charge in [-0.1, -0.05) is 6.07 Å². The lowest BCUT2D eigenvalue weighted by atomic mass is 9.68. The number of pyridine rings is 1. The van der Waals surface area contributed by atoms with Gasteiger partial charge in [0.05, 0.1) is 59.7 Å². The molecule has 1 saturated carbocycles. The standard InChI is InChI=1S/C23H20N8O/c1-30-17(14-32)9-20(28-30)16-7-19(18-3-2-6-26-21(18)8-16)22-13-27-31(29-22)23(4-5-24)10-15(11-23)12-25/h2-3,6-9,13,15,32H,4,10-11,14H2,1H3. The van der Waals surface area contributed by atoms with E-state index in [0.29, 0.717) is 24.2 Å². The fourth-order valence-electron chi connectivity index (χ4n) is 4.43. The summed E-state index contributed by atoms with van der Waals surface area (Å²) in [6, 6.07) is 14.2. The summed E-state index contributed by atoms with van der Waals surface area (Å²) >= 11 is 0. The summed E-state index contributed by atoms with van der Waals surface area (Å²) in [5, 5.41) is 42.7. The van der Waals surface area contributed by atoms with Gasteiger partial charge in [-0.05, 0) is 37.1 Å². The second kappa shape index (κ2) is 7.56. The molecule has 4 aromatic rings. The van der Waals surface area contributed by atoms with E-state index in [1.807, 2.05) is 30.3 Å². The Balaban J connectivity index is 1.62. The average Bonchev–Trinajstić information content (AvgIpc) is 3.42. The minimum atomic E-state index is -0.532. The van der Waals surface area contributed by atoms with Gasteiger partial charge in [0.25, 0.3) is 0 Å². The van der Waals surface area contributed by atoms with Crippen LogP contribution in [-0.4, -0.2) is 34.9 Å². The molecule has 1 fully saturated rings. The smallest absolute Gasteiger partial charge is 0.113 e. The van der Waals surface area contributed by atoms with Crippen LogP contribution in [-0.2, 0) is 19.2 Å². The lowest BCUT2D eigenvalue weighted by Crippen LogP contribution is -2.47. The highest BCUT2D eigenvalue weighted by Gasteiger charge is 2.48. The van der Waals surface area contributed by atoms with Gasteiger partial charge < -0.3 is 5.11 Å². The zero-order valence-electron chi connectivity index (χ0n) is 17.5. The molecule has 1 aliphatic rings. The van der Waals surface area contributed by atoms with Crippen LogP contribution in [0, 0.1) is 28.6 Å². The molecule has 0 spiro atoms. The fourth-order valence-corrected chi connectivity index (χ4v) is 4.43. The number of hydrogen-bond acceptors (Lipinski definition) is 7. The van der Waals surface area contributed by atoms with Gasteiger partial charge in [0.2, 0.25) is 0 Å². The number of aryl methyl sites for hydroxylation is 1. The number of nitrogens with zero attached hydrogens (tertiary/aromatic N) is 8. The number of nitriles is 2. The van der Waals surface area contributed by atoms with E-state index in [0.717, 1.165) is 27.7 Å². The first kappa shape index (κ1) is 19.9. The molecule has 0 radical (unpaired) electrons. The van der Waals surface area contributed by atoms with Crippen molar-refractivity contribution in [1.29, 1.82) is 10.5 Å². The third kappa shape index (κ3) is 3.11. The number of aliphatic hydroxyl groups is 1. The quantitative estimate of drug-likeness (QED) is 0.521. The summed E-state index contributed by atoms with van der Waals surface area (Å²) in [7, 11) is 1.79. The van der Waals surface area contributed by atoms with Crippen LogP contribution in [0.15, 0.2) is 42.7 Å². The third-order valence-electron chi connectivity index (χ3n) is 6.19. The van der Waals surface area contributed by atoms with Gasteiger partial charge in [0.15, 0.2) is 0 Å². The summed E-state index contributed by atoms with van der Waals surface area (Å²) in [6.07, 6.45) is 4.85. The molecule has 1 aliphatic carbocycles. The van der Waals surface area contributed by atoms with Crippen molar-refractivity contribution in [2.45, 2.75) is 31.4 Å². The second-order valence-electron chi connectivity index (χ2n) is 8.21. The Bertz CT molecular complexity index is 1400. The lowest BCUT2D eigenvalue weighted by molar-refractivity contribution is 0.0713. The SMILES string of the molecule is Cn1nc(-c2cc(-c3cnn(C4(CC#N)CC(C#N)C4)n3)c3cccnc3c2)cc1CO. The van der Waals surface area contributed by atoms with E-state index in [1.54, 1.807) is 28.9 Å². The molecule has 3 heterocycles. The number of rotatable bonds is 5. The molecular weight excluding hydrogens is 404 g/mol. The van der Waals surface area contributed by atoms with Crippen LogP contribution in [0.2, 0.25) is 0 Å². The predicted molar refractivity (Wildman–Crippen MR) is 115 cm³/mol. The molecule has 0 saturated heterocycles. The van der Waals surface area contributed by atoms with Crippen molar-refractivity contribution in [2.75, 3.05) is 0 Å². The first-order chi connectivity index (χ1) is 15.6. The molecule has 0 atom stereocenters. The average molecular weight is 424 g/mol. The molecule has 0 bridgehead atoms. The highest BCUT2D eigenvalue weighted by atomic mass is 16.3. The Kier molecular flexibility index (Phi) is 4.69. The Morgan fingerprint density at radius 2 is 2.03 bits per heavy atom. The molecule has 1 N–H and O–H groups in total. The van der Waals surface area contributed by atoms with Crippen LogP contribution in [0.1, 0.15) is 25.0 Å². The molecular formula is C23H20N8O. The molecule has 1 aromatic carbocycles. The maximum atomic E-state index is 9.53. The van der Waals surface area contributed by atoms with Gasteiger partial charge in [-0.25, -0.2) is 0 Å². The summed E-state index contributed by atoms with van der Waals surface area (Å²) < 4.78 is 1.65. The van der Waals surface area contributed by atoms with Gasteiger partial charge in [-0.3, -0.25) is 9.67 Å². The van der Waals surface area contributed by atoms with E-state index in [9.17, 15) is 15.6 Å². The maximum absolute atomic E-state index is 9.53. The van der Waals surface area contributed by atoms with E-state index in [-0.39, 0.29) is 18.9 Å². The second-order valence-corrected chi connectivity index (χ2v) is 8.21. The van der Waals surface area contributed by atoms with Gasteiger partial charge in [-0.2, -0.15) is 30.6 Å². The van der Waals surface area contributed by atoms with Crippen LogP contribution in [0.5, 0.6) is 0 Å². The number of aliphatic hydroxyl groups excluding tert-OH is 1. The van der Waals surface area contributed by atoms with E-state index in [4.69, 9.17) is 5.10 Å². The van der Waals surface area contributed by atoms with Crippen LogP contribution < -0.4 is 0 Å². The zero-order valence-corrected chi connectivity index (χ0v) is 17.5. The molecule has 158 valence electrons. The van der Waals surface area contributed by atoms with Crippen molar-refractivity contribution < 1.29 is 5.11 Å². The van der Waals surface area contributed by atoms with Crippen molar-refractivity contribution in [3.63, 3.8) is 0 Å². The van der Waals surface area contributed by atoms with E-state index in [1.165, 1.54) is 0 Å². The Hall–Kier alpha value is -4.08. The lowest BCUT2D eigenvalue weighted by Gasteiger charge is -2.42. The Morgan fingerprint density at radius 1 is 1.19 bits per heavy atom. The van der Waals surface area contributed by atoms with Gasteiger partial charge in [0, 0.05) is 29.8 Å². The monoisotopic (exact) mass is 424 g/mol. The zero-order chi connectivity index (χ0) is 22.3. The minimum Gasteiger partial charge on any atom is -0.390 e. The largest absolute Gasteiger partial charge is 0.390 e. The van der Waals surface area contributed by atoms with Crippen LogP contribution in [0.25, 0.3) is 33.4 Å². The topological polar surface area (TPSA) is 129 Å².